The molecule has 1 saturated heterocycles. The normalized spacial score (nSPS) is 31.3. The topological polar surface area (TPSA) is 67.4 Å². The van der Waals surface area contributed by atoms with E-state index in [1.165, 1.54) is 19.6 Å². The third kappa shape index (κ3) is 2.35. The Kier molecular flexibility index (Phi) is 3.12. The fourth-order valence-corrected chi connectivity index (χ4v) is 2.22. The van der Waals surface area contributed by atoms with Crippen LogP contribution in [0.3, 0.4) is 0 Å². The number of fused-ring (bicyclic) bond motifs is 1. The highest BCUT2D eigenvalue weighted by atomic mass is 16.5. The molecule has 0 aromatic rings. The molecule has 1 amide bonds. The summed E-state index contributed by atoms with van der Waals surface area (Å²) >= 11 is 0. The van der Waals surface area contributed by atoms with Crippen molar-refractivity contribution in [2.24, 2.45) is 0 Å². The van der Waals surface area contributed by atoms with E-state index in [-0.39, 0.29) is 18.0 Å². The number of carbonyl (C=O) groups excluding carboxylic acids is 2. The Bertz CT molecular complexity index is 338. The zero-order chi connectivity index (χ0) is 11.5. The Balaban J connectivity index is 2.03. The predicted octanol–water partition coefficient (Wildman–Crippen LogP) is 0.421. The molecule has 5 heteroatoms. The van der Waals surface area contributed by atoms with E-state index in [0.29, 0.717) is 5.70 Å². The van der Waals surface area contributed by atoms with Crippen LogP contribution in [0.15, 0.2) is 12.0 Å². The van der Waals surface area contributed by atoms with E-state index >= 15 is 0 Å². The fourth-order valence-electron chi connectivity index (χ4n) is 2.22. The van der Waals surface area contributed by atoms with Crippen molar-refractivity contribution < 1.29 is 14.3 Å². The van der Waals surface area contributed by atoms with E-state index in [4.69, 9.17) is 4.74 Å². The highest BCUT2D eigenvalue weighted by Crippen LogP contribution is 2.22. The van der Waals surface area contributed by atoms with Gasteiger partial charge in [0.05, 0.1) is 0 Å². The summed E-state index contributed by atoms with van der Waals surface area (Å²) in [4.78, 5) is 22.3. The first kappa shape index (κ1) is 11.0. The molecular formula is C11H16N2O3. The maximum absolute atomic E-state index is 11.6. The number of piperazine rings is 1. The summed E-state index contributed by atoms with van der Waals surface area (Å²) in [5, 5.41) is 6.06. The average Bonchev–Trinajstić information content (AvgIpc) is 2.26. The lowest BCUT2D eigenvalue weighted by atomic mass is 9.88. The van der Waals surface area contributed by atoms with E-state index in [2.05, 4.69) is 10.6 Å². The maximum Gasteiger partial charge on any atom is 0.307 e. The van der Waals surface area contributed by atoms with Gasteiger partial charge in [0.25, 0.3) is 5.91 Å². The van der Waals surface area contributed by atoms with Crippen molar-refractivity contribution in [3.8, 4) is 0 Å². The van der Waals surface area contributed by atoms with Crippen molar-refractivity contribution in [1.29, 1.82) is 0 Å². The molecule has 0 radical (unpaired) electrons. The second-order valence-electron chi connectivity index (χ2n) is 4.26. The first-order valence-corrected chi connectivity index (χ1v) is 5.61. The second kappa shape index (κ2) is 4.55. The molecule has 88 valence electrons. The first-order valence-electron chi connectivity index (χ1n) is 5.61. The van der Waals surface area contributed by atoms with E-state index < -0.39 is 5.97 Å². The summed E-state index contributed by atoms with van der Waals surface area (Å²) in [5.74, 6) is -0.614. The van der Waals surface area contributed by atoms with E-state index in [0.717, 1.165) is 19.3 Å². The molecule has 1 saturated carbocycles. The van der Waals surface area contributed by atoms with Crippen molar-refractivity contribution >= 4 is 11.9 Å². The third-order valence-electron chi connectivity index (χ3n) is 3.01. The van der Waals surface area contributed by atoms with Crippen LogP contribution in [0.5, 0.6) is 0 Å². The SMILES string of the molecule is CC(=O)O/C=C1/NC2CCCCC2NC1=O. The molecule has 1 aliphatic heterocycles. The number of esters is 1. The van der Waals surface area contributed by atoms with Crippen LogP contribution in [0, 0.1) is 0 Å². The van der Waals surface area contributed by atoms with E-state index in [1.807, 2.05) is 0 Å². The number of carbonyl (C=O) groups is 2. The molecule has 16 heavy (non-hydrogen) atoms. The predicted molar refractivity (Wildman–Crippen MR) is 57.2 cm³/mol. The van der Waals surface area contributed by atoms with Crippen LogP contribution in [0.2, 0.25) is 0 Å². The summed E-state index contributed by atoms with van der Waals surface area (Å²) in [6.45, 7) is 1.31. The summed E-state index contributed by atoms with van der Waals surface area (Å²) < 4.78 is 4.71. The molecule has 0 aromatic heterocycles. The van der Waals surface area contributed by atoms with Gasteiger partial charge in [-0.1, -0.05) is 12.8 Å². The fraction of sp³-hybridized carbons (Fsp3) is 0.636. The molecule has 2 atom stereocenters. The van der Waals surface area contributed by atoms with Gasteiger partial charge in [-0.3, -0.25) is 9.59 Å². The molecule has 1 aliphatic carbocycles. The molecule has 2 aliphatic rings. The molecule has 2 fully saturated rings. The van der Waals surface area contributed by atoms with Crippen molar-refractivity contribution in [3.63, 3.8) is 0 Å². The molecule has 0 bridgehead atoms. The highest BCUT2D eigenvalue weighted by molar-refractivity contribution is 5.94. The van der Waals surface area contributed by atoms with Crippen LogP contribution in [-0.4, -0.2) is 24.0 Å². The largest absolute Gasteiger partial charge is 0.432 e. The van der Waals surface area contributed by atoms with Gasteiger partial charge in [0.2, 0.25) is 0 Å². The van der Waals surface area contributed by atoms with Gasteiger partial charge < -0.3 is 15.4 Å². The molecule has 2 unspecified atom stereocenters. The average molecular weight is 224 g/mol. The number of hydrogen-bond acceptors (Lipinski definition) is 4. The summed E-state index contributed by atoms with van der Waals surface area (Å²) in [6, 6.07) is 0.490. The highest BCUT2D eigenvalue weighted by Gasteiger charge is 2.33. The zero-order valence-corrected chi connectivity index (χ0v) is 9.29. The maximum atomic E-state index is 11.6. The lowest BCUT2D eigenvalue weighted by Gasteiger charge is -2.37. The van der Waals surface area contributed by atoms with Gasteiger partial charge in [-0.15, -0.1) is 0 Å². The lowest BCUT2D eigenvalue weighted by Crippen LogP contribution is -2.58. The third-order valence-corrected chi connectivity index (χ3v) is 3.01. The van der Waals surface area contributed by atoms with Crippen LogP contribution in [0.4, 0.5) is 0 Å². The van der Waals surface area contributed by atoms with Crippen molar-refractivity contribution in [1.82, 2.24) is 10.6 Å². The number of rotatable bonds is 1. The van der Waals surface area contributed by atoms with Crippen LogP contribution in [-0.2, 0) is 14.3 Å². The zero-order valence-electron chi connectivity index (χ0n) is 9.29. The summed E-state index contributed by atoms with van der Waals surface area (Å²) in [5.41, 5.74) is 0.346. The molecule has 2 rings (SSSR count). The first-order chi connectivity index (χ1) is 7.66. The number of hydrogen-bond donors (Lipinski definition) is 2. The minimum Gasteiger partial charge on any atom is -0.432 e. The summed E-state index contributed by atoms with van der Waals surface area (Å²) in [6.07, 6.45) is 5.59. The summed E-state index contributed by atoms with van der Waals surface area (Å²) in [7, 11) is 0. The monoisotopic (exact) mass is 224 g/mol. The Morgan fingerprint density at radius 1 is 1.31 bits per heavy atom. The Morgan fingerprint density at radius 2 is 1.94 bits per heavy atom. The standard InChI is InChI=1S/C11H16N2O3/c1-7(14)16-6-10-11(15)13-9-5-3-2-4-8(9)12-10/h6,8-9,12H,2-5H2,1H3,(H,13,15)/b10-6+. The van der Waals surface area contributed by atoms with Gasteiger partial charge in [-0.05, 0) is 12.8 Å². The molecule has 1 heterocycles. The van der Waals surface area contributed by atoms with Crippen LogP contribution >= 0.6 is 0 Å². The second-order valence-corrected chi connectivity index (χ2v) is 4.26. The quantitative estimate of drug-likeness (QED) is 0.385. The molecule has 5 nitrogen and oxygen atoms in total. The Morgan fingerprint density at radius 3 is 2.56 bits per heavy atom. The van der Waals surface area contributed by atoms with Crippen LogP contribution < -0.4 is 10.6 Å². The lowest BCUT2D eigenvalue weighted by molar-refractivity contribution is -0.135. The number of nitrogens with one attached hydrogen (secondary N) is 2. The smallest absolute Gasteiger partial charge is 0.307 e. The minimum absolute atomic E-state index is 0.190. The van der Waals surface area contributed by atoms with Gasteiger partial charge in [-0.25, -0.2) is 0 Å². The number of ether oxygens (including phenoxy) is 1. The van der Waals surface area contributed by atoms with Crippen LogP contribution in [0.25, 0.3) is 0 Å². The van der Waals surface area contributed by atoms with E-state index in [1.54, 1.807) is 0 Å². The molecule has 0 aromatic carbocycles. The molecule has 0 spiro atoms. The van der Waals surface area contributed by atoms with Gasteiger partial charge in [0.15, 0.2) is 0 Å². The van der Waals surface area contributed by atoms with E-state index in [9.17, 15) is 9.59 Å². The molecule has 2 N–H and O–H groups in total. The van der Waals surface area contributed by atoms with Crippen LogP contribution in [0.1, 0.15) is 32.6 Å². The van der Waals surface area contributed by atoms with Gasteiger partial charge in [-0.2, -0.15) is 0 Å². The number of amides is 1. The van der Waals surface area contributed by atoms with Gasteiger partial charge in [0.1, 0.15) is 12.0 Å². The Labute approximate surface area is 94.2 Å². The minimum atomic E-state index is -0.423. The Hall–Kier alpha value is -1.52. The van der Waals surface area contributed by atoms with Crippen molar-refractivity contribution in [2.75, 3.05) is 0 Å². The van der Waals surface area contributed by atoms with Crippen molar-refractivity contribution in [2.45, 2.75) is 44.7 Å². The van der Waals surface area contributed by atoms with Crippen molar-refractivity contribution in [3.05, 3.63) is 12.0 Å². The van der Waals surface area contributed by atoms with Gasteiger partial charge >= 0.3 is 5.97 Å². The van der Waals surface area contributed by atoms with Gasteiger partial charge in [0, 0.05) is 19.0 Å². The molecular weight excluding hydrogens is 208 g/mol.